The van der Waals surface area contributed by atoms with Crippen molar-refractivity contribution in [1.82, 2.24) is 21.3 Å². The maximum absolute atomic E-state index is 10.0. The minimum Gasteiger partial charge on any atom is -0.549 e. The minimum atomic E-state index is -4.12. The van der Waals surface area contributed by atoms with E-state index in [-0.39, 0.29) is 23.9 Å². The zero-order valence-corrected chi connectivity index (χ0v) is 26.9. The van der Waals surface area contributed by atoms with Crippen molar-refractivity contribution in [1.29, 1.82) is 0 Å². The molecule has 0 aromatic carbocycles. The Morgan fingerprint density at radius 3 is 0.610 bits per heavy atom. The number of hydrogen-bond acceptors (Lipinski definition) is 16. The molecule has 29 heteroatoms. The summed E-state index contributed by atoms with van der Waals surface area (Å²) in [6.07, 6.45) is -2.55. The van der Waals surface area contributed by atoms with Crippen LogP contribution in [0.15, 0.2) is 0 Å². The number of hydrogen-bond donors (Lipinski definition) is 12. The van der Waals surface area contributed by atoms with Gasteiger partial charge in [0.25, 0.3) is 0 Å². The molecule has 12 N–H and O–H groups in total. The van der Waals surface area contributed by atoms with Crippen molar-refractivity contribution < 1.29 is 97.0 Å². The van der Waals surface area contributed by atoms with Crippen LogP contribution in [0.25, 0.3) is 0 Å². The largest absolute Gasteiger partial charge is 4.00 e. The van der Waals surface area contributed by atoms with Crippen LogP contribution in [-0.4, -0.2) is 138 Å². The van der Waals surface area contributed by atoms with Crippen molar-refractivity contribution in [2.75, 3.05) is 51.3 Å². The standard InChI is InChI=1S/4C3H8NO5P.Sn/c4*5-3(6)1-4-2-10(7,8)9;/h4*4H,1-2H2,(H,5,6)(H2,7,8,9);/q;;;;+4/p-4. The van der Waals surface area contributed by atoms with Gasteiger partial charge in [-0.1, -0.05) is 0 Å². The first-order chi connectivity index (χ1) is 17.7. The number of aliphatic carboxylic acids is 4. The number of carboxylic acid groups (broad SMARTS) is 4. The molecule has 0 aromatic rings. The molecule has 41 heavy (non-hydrogen) atoms. The summed E-state index contributed by atoms with van der Waals surface area (Å²) in [4.78, 5) is 104. The fraction of sp³-hybridized carbons (Fsp3) is 0.667. The Bertz CT molecular complexity index is 808. The molecule has 0 atom stereocenters. The van der Waals surface area contributed by atoms with Crippen LogP contribution in [0.2, 0.25) is 0 Å². The fourth-order valence-corrected chi connectivity index (χ4v) is 2.83. The second-order valence-corrected chi connectivity index (χ2v) is 13.1. The van der Waals surface area contributed by atoms with Gasteiger partial charge < -0.3 is 100 Å². The summed E-state index contributed by atoms with van der Waals surface area (Å²) < 4.78 is 40.1. The summed E-state index contributed by atoms with van der Waals surface area (Å²) in [7, 11) is -16.5. The van der Waals surface area contributed by atoms with Crippen LogP contribution in [0.5, 0.6) is 0 Å². The number of carboxylic acids is 4. The van der Waals surface area contributed by atoms with Crippen LogP contribution in [0, 0.1) is 0 Å². The van der Waals surface area contributed by atoms with E-state index < -0.39 is 106 Å². The molecule has 0 saturated carbocycles. The monoisotopic (exact) mass is 792 g/mol. The van der Waals surface area contributed by atoms with E-state index in [0.29, 0.717) is 0 Å². The summed E-state index contributed by atoms with van der Waals surface area (Å²) >= 11 is 0. The first-order valence-electron chi connectivity index (χ1n) is 9.47. The van der Waals surface area contributed by atoms with Gasteiger partial charge in [0.05, 0.1) is 49.0 Å². The van der Waals surface area contributed by atoms with Gasteiger partial charge in [0.2, 0.25) is 0 Å². The molecular formula is C12H28N4O20P4Sn. The van der Waals surface area contributed by atoms with Crippen LogP contribution in [0.4, 0.5) is 0 Å². The molecule has 0 rings (SSSR count). The minimum absolute atomic E-state index is 0. The van der Waals surface area contributed by atoms with Crippen molar-refractivity contribution in [3.8, 4) is 0 Å². The van der Waals surface area contributed by atoms with E-state index in [1.807, 2.05) is 21.3 Å². The second-order valence-electron chi connectivity index (χ2n) is 6.49. The van der Waals surface area contributed by atoms with Gasteiger partial charge in [0.15, 0.2) is 0 Å². The Hall–Kier alpha value is -0.881. The fourth-order valence-electron chi connectivity index (χ4n) is 1.21. The first kappa shape index (κ1) is 49.8. The third kappa shape index (κ3) is 73.3. The van der Waals surface area contributed by atoms with E-state index in [2.05, 4.69) is 0 Å². The molecule has 0 fully saturated rings. The van der Waals surface area contributed by atoms with Crippen LogP contribution in [-0.2, 0) is 37.4 Å². The predicted octanol–water partition coefficient (Wildman–Crippen LogP) is -10.5. The van der Waals surface area contributed by atoms with Gasteiger partial charge in [-0.05, 0) is 0 Å². The molecule has 0 aliphatic carbocycles. The summed E-state index contributed by atoms with van der Waals surface area (Å²) in [5, 5.41) is 46.6. The van der Waals surface area contributed by atoms with Crippen LogP contribution in [0.1, 0.15) is 0 Å². The molecule has 24 nitrogen and oxygen atoms in total. The number of rotatable bonds is 16. The number of carbonyl (C=O) groups is 4. The topological polar surface area (TPSA) is 439 Å². The zero-order chi connectivity index (χ0) is 32.8. The van der Waals surface area contributed by atoms with Crippen molar-refractivity contribution in [3.05, 3.63) is 0 Å². The third-order valence-electron chi connectivity index (χ3n) is 2.35. The average molecular weight is 791 g/mol. The molecule has 240 valence electrons. The Balaban J connectivity index is -0.000000139. The van der Waals surface area contributed by atoms with Gasteiger partial charge in [-0.25, -0.2) is 0 Å². The Labute approximate surface area is 247 Å². The Kier molecular flexibility index (Phi) is 31.1. The molecule has 0 spiro atoms. The SMILES string of the molecule is O=C([O-])CNCP(=O)(O)O.O=C([O-])CNCP(=O)(O)O.O=C([O-])CNCP(=O)(O)O.O=C([O-])CNCP(=O)(O)O.[Sn+4]. The van der Waals surface area contributed by atoms with Gasteiger partial charge in [0.1, 0.15) is 0 Å². The summed E-state index contributed by atoms with van der Waals surface area (Å²) in [5.41, 5.74) is 0. The third-order valence-corrected chi connectivity index (χ3v) is 4.89. The number of nitrogens with one attached hydrogen (secondary N) is 4. The van der Waals surface area contributed by atoms with Gasteiger partial charge >= 0.3 is 54.3 Å². The van der Waals surface area contributed by atoms with E-state index in [0.717, 1.165) is 0 Å². The first-order valence-corrected chi connectivity index (χ1v) is 16.7. The zero-order valence-electron chi connectivity index (χ0n) is 20.4. The van der Waals surface area contributed by atoms with E-state index in [1.165, 1.54) is 0 Å². The molecule has 0 aliphatic heterocycles. The summed E-state index contributed by atoms with van der Waals surface area (Å²) in [6, 6.07) is 0. The van der Waals surface area contributed by atoms with Crippen molar-refractivity contribution >= 4 is 78.2 Å². The van der Waals surface area contributed by atoms with Gasteiger partial charge in [-0.2, -0.15) is 0 Å². The van der Waals surface area contributed by atoms with Crippen molar-refractivity contribution in [2.45, 2.75) is 0 Å². The molecule has 0 heterocycles. The normalized spacial score (nSPS) is 11.1. The summed E-state index contributed by atoms with van der Waals surface area (Å²) in [6.45, 7) is -2.20. The molecule has 0 radical (unpaired) electrons. The molecular weight excluding hydrogens is 763 g/mol. The van der Waals surface area contributed by atoms with Gasteiger partial charge in [0, 0.05) is 26.2 Å². The van der Waals surface area contributed by atoms with Crippen LogP contribution in [0.3, 0.4) is 0 Å². The van der Waals surface area contributed by atoms with Crippen LogP contribution < -0.4 is 41.7 Å². The molecule has 0 aliphatic rings. The number of carbonyl (C=O) groups excluding carboxylic acids is 4. The maximum atomic E-state index is 10.0. The second kappa shape index (κ2) is 25.6. The molecule has 0 bridgehead atoms. The van der Waals surface area contributed by atoms with E-state index in [9.17, 15) is 57.9 Å². The summed E-state index contributed by atoms with van der Waals surface area (Å²) in [5.74, 6) is -5.58. The molecule has 0 aromatic heterocycles. The van der Waals surface area contributed by atoms with Gasteiger partial charge in [-0.3, -0.25) is 18.3 Å². The predicted molar refractivity (Wildman–Crippen MR) is 125 cm³/mol. The average Bonchev–Trinajstić information content (AvgIpc) is 2.64. The van der Waals surface area contributed by atoms with E-state index in [1.54, 1.807) is 0 Å². The van der Waals surface area contributed by atoms with Crippen molar-refractivity contribution in [2.24, 2.45) is 0 Å². The quantitative estimate of drug-likeness (QED) is 0.0510. The molecule has 0 amide bonds. The van der Waals surface area contributed by atoms with Crippen LogP contribution >= 0.6 is 30.4 Å². The van der Waals surface area contributed by atoms with Crippen molar-refractivity contribution in [3.63, 3.8) is 0 Å². The Morgan fingerprint density at radius 1 is 0.415 bits per heavy atom. The van der Waals surface area contributed by atoms with E-state index >= 15 is 0 Å². The maximum Gasteiger partial charge on any atom is 4.00 e. The smallest absolute Gasteiger partial charge is 0.549 e. The molecule has 0 unspecified atom stereocenters. The Morgan fingerprint density at radius 2 is 0.537 bits per heavy atom. The van der Waals surface area contributed by atoms with Gasteiger partial charge in [-0.15, -0.1) is 0 Å². The van der Waals surface area contributed by atoms with E-state index in [4.69, 9.17) is 39.1 Å². The molecule has 0 saturated heterocycles.